The molecule has 0 fully saturated rings. The van der Waals surface area contributed by atoms with Gasteiger partial charge in [0.25, 0.3) is 5.56 Å². The van der Waals surface area contributed by atoms with E-state index in [-0.39, 0.29) is 24.0 Å². The number of hydrogen-bond donors (Lipinski definition) is 2. The van der Waals surface area contributed by atoms with Crippen LogP contribution in [0.2, 0.25) is 0 Å². The molecule has 0 saturated heterocycles. The maximum atomic E-state index is 12.7. The van der Waals surface area contributed by atoms with Crippen molar-refractivity contribution in [2.45, 2.75) is 56.9 Å². The van der Waals surface area contributed by atoms with Gasteiger partial charge in [0.15, 0.2) is 5.16 Å². The van der Waals surface area contributed by atoms with Crippen molar-refractivity contribution in [2.24, 2.45) is 0 Å². The van der Waals surface area contributed by atoms with E-state index in [9.17, 15) is 14.4 Å². The summed E-state index contributed by atoms with van der Waals surface area (Å²) in [4.78, 5) is 45.0. The topological polar surface area (TPSA) is 101 Å². The molecule has 1 atom stereocenters. The SMILES string of the molecule is CCOC(=O)c1c(NC(=O)C(C)Sc2nc(CC)cc(=O)[nH]2)sc2c1CCC2. The van der Waals surface area contributed by atoms with Crippen molar-refractivity contribution in [3.63, 3.8) is 0 Å². The zero-order chi connectivity index (χ0) is 20.3. The Bertz CT molecular complexity index is 951. The number of amides is 1. The Balaban J connectivity index is 1.77. The zero-order valence-corrected chi connectivity index (χ0v) is 17.7. The summed E-state index contributed by atoms with van der Waals surface area (Å²) in [6.07, 6.45) is 3.40. The van der Waals surface area contributed by atoms with E-state index in [1.54, 1.807) is 13.8 Å². The van der Waals surface area contributed by atoms with Crippen molar-refractivity contribution >= 4 is 40.0 Å². The van der Waals surface area contributed by atoms with Gasteiger partial charge in [0.2, 0.25) is 5.91 Å². The monoisotopic (exact) mass is 421 g/mol. The number of anilines is 1. The highest BCUT2D eigenvalue weighted by molar-refractivity contribution is 8.00. The van der Waals surface area contributed by atoms with E-state index < -0.39 is 5.25 Å². The van der Waals surface area contributed by atoms with Crippen LogP contribution in [0.5, 0.6) is 0 Å². The number of hydrogen-bond acceptors (Lipinski definition) is 7. The molecule has 3 rings (SSSR count). The molecule has 1 unspecified atom stereocenters. The Kier molecular flexibility index (Phi) is 6.56. The number of aryl methyl sites for hydroxylation is 2. The third-order valence-corrected chi connectivity index (χ3v) is 6.62. The van der Waals surface area contributed by atoms with Gasteiger partial charge < -0.3 is 15.0 Å². The van der Waals surface area contributed by atoms with E-state index in [1.165, 1.54) is 29.2 Å². The summed E-state index contributed by atoms with van der Waals surface area (Å²) in [5.74, 6) is -0.640. The van der Waals surface area contributed by atoms with E-state index in [2.05, 4.69) is 15.3 Å². The number of aromatic amines is 1. The van der Waals surface area contributed by atoms with E-state index >= 15 is 0 Å². The van der Waals surface area contributed by atoms with Crippen LogP contribution in [0.4, 0.5) is 5.00 Å². The third kappa shape index (κ3) is 4.47. The largest absolute Gasteiger partial charge is 0.462 e. The Morgan fingerprint density at radius 3 is 2.89 bits per heavy atom. The van der Waals surface area contributed by atoms with E-state index in [1.807, 2.05) is 6.92 Å². The number of carbonyl (C=O) groups excluding carboxylic acids is 2. The predicted molar refractivity (Wildman–Crippen MR) is 110 cm³/mol. The minimum Gasteiger partial charge on any atom is -0.462 e. The maximum absolute atomic E-state index is 12.7. The van der Waals surface area contributed by atoms with E-state index in [0.29, 0.717) is 27.8 Å². The number of rotatable bonds is 7. The molecular weight excluding hydrogens is 398 g/mol. The molecule has 1 aliphatic rings. The van der Waals surface area contributed by atoms with Gasteiger partial charge in [-0.15, -0.1) is 11.3 Å². The number of H-pyrrole nitrogens is 1. The molecule has 0 bridgehead atoms. The van der Waals surface area contributed by atoms with Crippen LogP contribution in [0.25, 0.3) is 0 Å². The number of aromatic nitrogens is 2. The molecule has 9 heteroatoms. The Labute approximate surface area is 171 Å². The van der Waals surface area contributed by atoms with Gasteiger partial charge in [-0.3, -0.25) is 9.59 Å². The number of thioether (sulfide) groups is 1. The number of nitrogens with one attached hydrogen (secondary N) is 2. The van der Waals surface area contributed by atoms with Gasteiger partial charge in [0, 0.05) is 16.6 Å². The predicted octanol–water partition coefficient (Wildman–Crippen LogP) is 3.18. The molecule has 1 amide bonds. The second kappa shape index (κ2) is 8.91. The molecule has 0 saturated carbocycles. The second-order valence-corrected chi connectivity index (χ2v) is 8.86. The Morgan fingerprint density at radius 1 is 1.39 bits per heavy atom. The Hall–Kier alpha value is -2.13. The molecule has 28 heavy (non-hydrogen) atoms. The van der Waals surface area contributed by atoms with Crippen LogP contribution in [0.15, 0.2) is 16.0 Å². The van der Waals surface area contributed by atoms with E-state index in [4.69, 9.17) is 4.74 Å². The van der Waals surface area contributed by atoms with Crippen molar-refractivity contribution < 1.29 is 14.3 Å². The van der Waals surface area contributed by atoms with Crippen LogP contribution in [-0.4, -0.2) is 33.7 Å². The van der Waals surface area contributed by atoms with Crippen LogP contribution < -0.4 is 10.9 Å². The number of carbonyl (C=O) groups is 2. The Morgan fingerprint density at radius 2 is 2.18 bits per heavy atom. The fraction of sp³-hybridized carbons (Fsp3) is 0.474. The minimum atomic E-state index is -0.498. The van der Waals surface area contributed by atoms with Gasteiger partial charge in [-0.1, -0.05) is 18.7 Å². The summed E-state index contributed by atoms with van der Waals surface area (Å²) in [5.41, 5.74) is 1.93. The zero-order valence-electron chi connectivity index (χ0n) is 16.1. The van der Waals surface area contributed by atoms with Crippen LogP contribution in [0.1, 0.15) is 53.7 Å². The van der Waals surface area contributed by atoms with Gasteiger partial charge in [-0.25, -0.2) is 9.78 Å². The summed E-state index contributed by atoms with van der Waals surface area (Å²) in [5, 5.41) is 3.34. The average molecular weight is 422 g/mol. The van der Waals surface area contributed by atoms with Gasteiger partial charge in [0.1, 0.15) is 5.00 Å². The summed E-state index contributed by atoms with van der Waals surface area (Å²) < 4.78 is 5.19. The molecule has 1 aliphatic carbocycles. The summed E-state index contributed by atoms with van der Waals surface area (Å²) in [6, 6.07) is 1.45. The first-order valence-corrected chi connectivity index (χ1v) is 11.0. The number of nitrogens with zero attached hydrogens (tertiary/aromatic N) is 1. The molecular formula is C19H23N3O4S2. The average Bonchev–Trinajstić information content (AvgIpc) is 3.21. The van der Waals surface area contributed by atoms with Crippen molar-refractivity contribution in [3.05, 3.63) is 38.1 Å². The van der Waals surface area contributed by atoms with Gasteiger partial charge in [0.05, 0.1) is 17.4 Å². The van der Waals surface area contributed by atoms with Crippen LogP contribution in [0.3, 0.4) is 0 Å². The standard InChI is InChI=1S/C19H23N3O4S2/c1-4-11-9-14(23)21-19(20-11)27-10(3)16(24)22-17-15(18(25)26-5-2)12-7-6-8-13(12)28-17/h9-10H,4-8H2,1-3H3,(H,22,24)(H,20,21,23). The number of fused-ring (bicyclic) bond motifs is 1. The highest BCUT2D eigenvalue weighted by Gasteiger charge is 2.29. The smallest absolute Gasteiger partial charge is 0.341 e. The molecule has 150 valence electrons. The summed E-state index contributed by atoms with van der Waals surface area (Å²) in [7, 11) is 0. The lowest BCUT2D eigenvalue weighted by atomic mass is 10.1. The van der Waals surface area contributed by atoms with Crippen LogP contribution in [0, 0.1) is 0 Å². The number of thiophene rings is 1. The van der Waals surface area contributed by atoms with Gasteiger partial charge in [-0.2, -0.15) is 0 Å². The number of ether oxygens (including phenoxy) is 1. The van der Waals surface area contributed by atoms with Crippen molar-refractivity contribution in [3.8, 4) is 0 Å². The molecule has 2 N–H and O–H groups in total. The highest BCUT2D eigenvalue weighted by Crippen LogP contribution is 2.39. The molecule has 2 heterocycles. The lowest BCUT2D eigenvalue weighted by Crippen LogP contribution is -2.24. The van der Waals surface area contributed by atoms with Gasteiger partial charge >= 0.3 is 5.97 Å². The fourth-order valence-electron chi connectivity index (χ4n) is 3.07. The third-order valence-electron chi connectivity index (χ3n) is 4.43. The lowest BCUT2D eigenvalue weighted by Gasteiger charge is -2.12. The molecule has 2 aromatic rings. The molecule has 7 nitrogen and oxygen atoms in total. The van der Waals surface area contributed by atoms with Gasteiger partial charge in [-0.05, 0) is 45.1 Å². The quantitative estimate of drug-likeness (QED) is 0.405. The van der Waals surface area contributed by atoms with Crippen LogP contribution in [-0.2, 0) is 28.8 Å². The molecule has 2 aromatic heterocycles. The normalized spacial score (nSPS) is 13.8. The first kappa shape index (κ1) is 20.6. The second-order valence-electron chi connectivity index (χ2n) is 6.43. The molecule has 0 spiro atoms. The highest BCUT2D eigenvalue weighted by atomic mass is 32.2. The summed E-state index contributed by atoms with van der Waals surface area (Å²) >= 11 is 2.63. The van der Waals surface area contributed by atoms with Crippen molar-refractivity contribution in [2.75, 3.05) is 11.9 Å². The molecule has 0 aliphatic heterocycles. The molecule has 0 radical (unpaired) electrons. The van der Waals surface area contributed by atoms with Crippen molar-refractivity contribution in [1.82, 2.24) is 9.97 Å². The van der Waals surface area contributed by atoms with Crippen LogP contribution >= 0.6 is 23.1 Å². The lowest BCUT2D eigenvalue weighted by molar-refractivity contribution is -0.115. The van der Waals surface area contributed by atoms with E-state index in [0.717, 1.165) is 29.7 Å². The fourth-order valence-corrected chi connectivity index (χ4v) is 5.18. The number of esters is 1. The van der Waals surface area contributed by atoms with Crippen molar-refractivity contribution in [1.29, 1.82) is 0 Å². The summed E-state index contributed by atoms with van der Waals surface area (Å²) in [6.45, 7) is 5.71. The first-order valence-electron chi connectivity index (χ1n) is 9.32. The maximum Gasteiger partial charge on any atom is 0.341 e. The first-order chi connectivity index (χ1) is 13.4. The minimum absolute atomic E-state index is 0.235. The molecule has 0 aromatic carbocycles.